The van der Waals surface area contributed by atoms with Crippen molar-refractivity contribution in [2.75, 3.05) is 5.01 Å². The number of hydrogen-bond acceptors (Lipinski definition) is 2. The molecule has 2 nitrogen and oxygen atoms in total. The highest BCUT2D eigenvalue weighted by molar-refractivity contribution is 5.87. The third kappa shape index (κ3) is 2.95. The molecule has 1 N–H and O–H groups in total. The summed E-state index contributed by atoms with van der Waals surface area (Å²) in [6.45, 7) is 0. The molecule has 1 heterocycles. The lowest BCUT2D eigenvalue weighted by Gasteiger charge is -2.29. The smallest absolute Gasteiger partial charge is 0.0625 e. The van der Waals surface area contributed by atoms with E-state index >= 15 is 0 Å². The predicted octanol–water partition coefficient (Wildman–Crippen LogP) is 5.09. The minimum Gasteiger partial charge on any atom is -0.294 e. The first kappa shape index (κ1) is 14.3. The highest BCUT2D eigenvalue weighted by atomic mass is 15.5. The lowest BCUT2D eigenvalue weighted by Crippen LogP contribution is -2.34. The van der Waals surface area contributed by atoms with Gasteiger partial charge in [0.2, 0.25) is 0 Å². The molecule has 0 unspecified atom stereocenters. The lowest BCUT2D eigenvalue weighted by molar-refractivity contribution is 0.891. The molecule has 24 heavy (non-hydrogen) atoms. The molecular formula is C22H18N2. The van der Waals surface area contributed by atoms with Gasteiger partial charge in [-0.1, -0.05) is 78.9 Å². The van der Waals surface area contributed by atoms with Crippen molar-refractivity contribution in [1.82, 2.24) is 5.43 Å². The largest absolute Gasteiger partial charge is 0.294 e. The number of para-hydroxylation sites is 1. The number of hydrazine groups is 1. The second-order valence-electron chi connectivity index (χ2n) is 5.69. The van der Waals surface area contributed by atoms with Crippen LogP contribution in [-0.2, 0) is 0 Å². The Kier molecular flexibility index (Phi) is 3.86. The first-order valence-corrected chi connectivity index (χ1v) is 8.05. The SMILES string of the molecule is C1=C(c2ccccc2)C=C(c2ccccc2)NN1c1ccccc1. The van der Waals surface area contributed by atoms with Gasteiger partial charge in [-0.05, 0) is 29.3 Å². The minimum atomic E-state index is 1.08. The van der Waals surface area contributed by atoms with Crippen LogP contribution in [-0.4, -0.2) is 0 Å². The molecule has 0 aliphatic carbocycles. The summed E-state index contributed by atoms with van der Waals surface area (Å²) in [4.78, 5) is 0. The molecule has 3 aromatic rings. The van der Waals surface area contributed by atoms with Crippen molar-refractivity contribution in [3.63, 3.8) is 0 Å². The molecule has 0 spiro atoms. The molecule has 0 saturated carbocycles. The van der Waals surface area contributed by atoms with E-state index in [2.05, 4.69) is 83.4 Å². The Bertz CT molecular complexity index is 866. The summed E-state index contributed by atoms with van der Waals surface area (Å²) in [5, 5.41) is 2.07. The van der Waals surface area contributed by atoms with Crippen molar-refractivity contribution in [2.45, 2.75) is 0 Å². The summed E-state index contributed by atoms with van der Waals surface area (Å²) in [5.41, 5.74) is 9.24. The Morgan fingerprint density at radius 1 is 0.583 bits per heavy atom. The third-order valence-corrected chi connectivity index (χ3v) is 4.04. The van der Waals surface area contributed by atoms with Crippen LogP contribution < -0.4 is 10.4 Å². The number of rotatable bonds is 3. The van der Waals surface area contributed by atoms with Crippen LogP contribution in [0.5, 0.6) is 0 Å². The number of nitrogens with one attached hydrogen (secondary N) is 1. The topological polar surface area (TPSA) is 15.3 Å². The van der Waals surface area contributed by atoms with Crippen molar-refractivity contribution >= 4 is 17.0 Å². The van der Waals surface area contributed by atoms with Crippen LogP contribution in [0.2, 0.25) is 0 Å². The van der Waals surface area contributed by atoms with Gasteiger partial charge in [-0.3, -0.25) is 10.4 Å². The van der Waals surface area contributed by atoms with Crippen LogP contribution in [0, 0.1) is 0 Å². The molecule has 0 radical (unpaired) electrons. The van der Waals surface area contributed by atoms with E-state index in [1.54, 1.807) is 0 Å². The lowest BCUT2D eigenvalue weighted by atomic mass is 10.0. The molecule has 1 aliphatic rings. The Morgan fingerprint density at radius 2 is 1.12 bits per heavy atom. The zero-order chi connectivity index (χ0) is 16.2. The third-order valence-electron chi connectivity index (χ3n) is 4.04. The monoisotopic (exact) mass is 310 g/mol. The average Bonchev–Trinajstić information content (AvgIpc) is 2.70. The number of hydrogen-bond donors (Lipinski definition) is 1. The van der Waals surface area contributed by atoms with E-state index < -0.39 is 0 Å². The highest BCUT2D eigenvalue weighted by Gasteiger charge is 2.15. The molecule has 1 aliphatic heterocycles. The molecule has 0 atom stereocenters. The van der Waals surface area contributed by atoms with Crippen LogP contribution in [0.3, 0.4) is 0 Å². The number of nitrogens with zero attached hydrogens (tertiary/aromatic N) is 1. The Balaban J connectivity index is 1.79. The fraction of sp³-hybridized carbons (Fsp3) is 0. The summed E-state index contributed by atoms with van der Waals surface area (Å²) < 4.78 is 0. The van der Waals surface area contributed by atoms with Crippen molar-refractivity contribution < 1.29 is 0 Å². The van der Waals surface area contributed by atoms with Gasteiger partial charge in [0.05, 0.1) is 11.4 Å². The Hall–Kier alpha value is -3.26. The average molecular weight is 310 g/mol. The number of benzene rings is 3. The molecule has 0 amide bonds. The van der Waals surface area contributed by atoms with E-state index in [0.29, 0.717) is 0 Å². The highest BCUT2D eigenvalue weighted by Crippen LogP contribution is 2.28. The van der Waals surface area contributed by atoms with Crippen LogP contribution in [0.25, 0.3) is 11.3 Å². The fourth-order valence-corrected chi connectivity index (χ4v) is 2.81. The fourth-order valence-electron chi connectivity index (χ4n) is 2.81. The van der Waals surface area contributed by atoms with E-state index in [1.807, 2.05) is 30.3 Å². The normalized spacial score (nSPS) is 13.8. The maximum Gasteiger partial charge on any atom is 0.0625 e. The summed E-state index contributed by atoms with van der Waals surface area (Å²) in [5.74, 6) is 0. The van der Waals surface area contributed by atoms with Crippen molar-refractivity contribution in [3.05, 3.63) is 114 Å². The summed E-state index contributed by atoms with van der Waals surface area (Å²) in [6, 6.07) is 31.2. The van der Waals surface area contributed by atoms with Gasteiger partial charge in [-0.2, -0.15) is 0 Å². The van der Waals surface area contributed by atoms with E-state index in [9.17, 15) is 0 Å². The van der Waals surface area contributed by atoms with Crippen LogP contribution >= 0.6 is 0 Å². The summed E-state index contributed by atoms with van der Waals surface area (Å²) >= 11 is 0. The number of anilines is 1. The Morgan fingerprint density at radius 3 is 1.75 bits per heavy atom. The quantitative estimate of drug-likeness (QED) is 0.724. The van der Waals surface area contributed by atoms with E-state index in [0.717, 1.165) is 11.4 Å². The molecule has 0 aromatic heterocycles. The standard InChI is InChI=1S/C22H18N2/c1-4-10-18(11-5-1)20-16-22(19-12-6-2-7-13-19)23-24(17-20)21-14-8-3-9-15-21/h1-17,23H. The van der Waals surface area contributed by atoms with Crippen LogP contribution in [0.15, 0.2) is 103 Å². The van der Waals surface area contributed by atoms with Gasteiger partial charge >= 0.3 is 0 Å². The molecule has 3 aromatic carbocycles. The first-order valence-electron chi connectivity index (χ1n) is 8.05. The van der Waals surface area contributed by atoms with Gasteiger partial charge in [0.25, 0.3) is 0 Å². The van der Waals surface area contributed by atoms with Crippen molar-refractivity contribution in [1.29, 1.82) is 0 Å². The van der Waals surface area contributed by atoms with Crippen LogP contribution in [0.4, 0.5) is 5.69 Å². The van der Waals surface area contributed by atoms with E-state index in [-0.39, 0.29) is 0 Å². The molecule has 0 saturated heterocycles. The molecule has 2 heteroatoms. The number of allylic oxidation sites excluding steroid dienone is 2. The van der Waals surface area contributed by atoms with Gasteiger partial charge < -0.3 is 0 Å². The summed E-state index contributed by atoms with van der Waals surface area (Å²) in [6.07, 6.45) is 4.33. The second-order valence-corrected chi connectivity index (χ2v) is 5.69. The second kappa shape index (κ2) is 6.47. The van der Waals surface area contributed by atoms with Crippen molar-refractivity contribution in [2.24, 2.45) is 0 Å². The predicted molar refractivity (Wildman–Crippen MR) is 101 cm³/mol. The van der Waals surface area contributed by atoms with Crippen molar-refractivity contribution in [3.8, 4) is 0 Å². The molecule has 4 rings (SSSR count). The molecule has 0 bridgehead atoms. The Labute approximate surface area is 142 Å². The zero-order valence-corrected chi connectivity index (χ0v) is 13.3. The molecular weight excluding hydrogens is 292 g/mol. The van der Waals surface area contributed by atoms with Gasteiger partial charge in [0.15, 0.2) is 0 Å². The summed E-state index contributed by atoms with van der Waals surface area (Å²) in [7, 11) is 0. The molecule has 0 fully saturated rings. The van der Waals surface area contributed by atoms with Gasteiger partial charge in [-0.25, -0.2) is 0 Å². The van der Waals surface area contributed by atoms with E-state index in [4.69, 9.17) is 0 Å². The van der Waals surface area contributed by atoms with Gasteiger partial charge in [0, 0.05) is 11.8 Å². The van der Waals surface area contributed by atoms with Gasteiger partial charge in [0.1, 0.15) is 0 Å². The maximum atomic E-state index is 3.50. The minimum absolute atomic E-state index is 1.08. The van der Waals surface area contributed by atoms with Crippen LogP contribution in [0.1, 0.15) is 11.1 Å². The van der Waals surface area contributed by atoms with Gasteiger partial charge in [-0.15, -0.1) is 0 Å². The molecule has 116 valence electrons. The van der Waals surface area contributed by atoms with E-state index in [1.165, 1.54) is 16.7 Å². The zero-order valence-electron chi connectivity index (χ0n) is 13.3. The first-order chi connectivity index (χ1) is 11.9. The maximum absolute atomic E-state index is 3.50.